The van der Waals surface area contributed by atoms with Gasteiger partial charge in [0.2, 0.25) is 5.91 Å². The van der Waals surface area contributed by atoms with E-state index >= 15 is 0 Å². The summed E-state index contributed by atoms with van der Waals surface area (Å²) < 4.78 is 3.32. The molecule has 9 heteroatoms. The predicted octanol–water partition coefficient (Wildman–Crippen LogP) is 5.10. The number of benzene rings is 2. The van der Waals surface area contributed by atoms with Crippen molar-refractivity contribution >= 4 is 34.4 Å². The van der Waals surface area contributed by atoms with Crippen LogP contribution in [0.3, 0.4) is 0 Å². The van der Waals surface area contributed by atoms with E-state index in [0.717, 1.165) is 16.9 Å². The maximum atomic E-state index is 13.2. The van der Waals surface area contributed by atoms with Crippen molar-refractivity contribution in [3.8, 4) is 11.5 Å². The number of fused-ring (bicyclic) bond motifs is 1. The van der Waals surface area contributed by atoms with Crippen molar-refractivity contribution in [3.05, 3.63) is 89.5 Å². The number of halogens is 1. The Morgan fingerprint density at radius 3 is 2.65 bits per heavy atom. The molecular formula is C25H22ClN7O. The van der Waals surface area contributed by atoms with Crippen LogP contribution in [0.25, 0.3) is 22.5 Å². The zero-order valence-corrected chi connectivity index (χ0v) is 19.4. The minimum atomic E-state index is -0.277. The topological polar surface area (TPSA) is 90.5 Å². The lowest BCUT2D eigenvalue weighted by molar-refractivity contribution is -0.117. The zero-order valence-electron chi connectivity index (χ0n) is 18.7. The van der Waals surface area contributed by atoms with E-state index in [4.69, 9.17) is 11.6 Å². The summed E-state index contributed by atoms with van der Waals surface area (Å²) in [5.41, 5.74) is 3.11. The van der Waals surface area contributed by atoms with Gasteiger partial charge in [-0.2, -0.15) is 14.9 Å². The first-order valence-electron chi connectivity index (χ1n) is 10.9. The van der Waals surface area contributed by atoms with E-state index in [-0.39, 0.29) is 11.8 Å². The molecule has 5 aromatic rings. The lowest BCUT2D eigenvalue weighted by Gasteiger charge is -2.16. The van der Waals surface area contributed by atoms with E-state index in [2.05, 4.69) is 25.5 Å². The number of amides is 1. The van der Waals surface area contributed by atoms with Crippen molar-refractivity contribution in [1.29, 1.82) is 0 Å². The van der Waals surface area contributed by atoms with Gasteiger partial charge in [0.1, 0.15) is 12.1 Å². The second kappa shape index (κ2) is 9.07. The molecule has 0 aliphatic carbocycles. The third-order valence-electron chi connectivity index (χ3n) is 5.61. The van der Waals surface area contributed by atoms with Gasteiger partial charge in [0.15, 0.2) is 11.5 Å². The molecular weight excluding hydrogens is 450 g/mol. The number of nitrogens with zero attached hydrogens (tertiary/aromatic N) is 6. The molecule has 170 valence electrons. The SMILES string of the molecule is CC[C@@H](C(=O)Nc1cc(C)nn1-c1ncnc2c1cnn2-c1cccc(Cl)c1)c1ccccc1. The van der Waals surface area contributed by atoms with Gasteiger partial charge < -0.3 is 5.32 Å². The van der Waals surface area contributed by atoms with Gasteiger partial charge in [-0.05, 0) is 37.1 Å². The number of hydrogen-bond donors (Lipinski definition) is 1. The van der Waals surface area contributed by atoms with E-state index < -0.39 is 0 Å². The Morgan fingerprint density at radius 2 is 1.88 bits per heavy atom. The molecule has 0 aliphatic heterocycles. The Bertz CT molecular complexity index is 1480. The number of aromatic nitrogens is 6. The molecule has 2 aromatic carbocycles. The molecule has 8 nitrogen and oxygen atoms in total. The fourth-order valence-corrected chi connectivity index (χ4v) is 4.20. The van der Waals surface area contributed by atoms with Crippen molar-refractivity contribution < 1.29 is 4.79 Å². The Morgan fingerprint density at radius 1 is 1.06 bits per heavy atom. The molecule has 34 heavy (non-hydrogen) atoms. The monoisotopic (exact) mass is 471 g/mol. The van der Waals surface area contributed by atoms with Crippen molar-refractivity contribution in [3.63, 3.8) is 0 Å². The maximum absolute atomic E-state index is 13.2. The summed E-state index contributed by atoms with van der Waals surface area (Å²) in [7, 11) is 0. The van der Waals surface area contributed by atoms with Crippen LogP contribution in [0.4, 0.5) is 5.82 Å². The molecule has 3 aromatic heterocycles. The summed E-state index contributed by atoms with van der Waals surface area (Å²) in [5, 5.41) is 13.4. The second-order valence-electron chi connectivity index (χ2n) is 7.91. The van der Waals surface area contributed by atoms with Crippen molar-refractivity contribution in [2.24, 2.45) is 0 Å². The Hall–Kier alpha value is -4.04. The van der Waals surface area contributed by atoms with E-state index in [1.165, 1.54) is 6.33 Å². The average Bonchev–Trinajstić information content (AvgIpc) is 3.43. The predicted molar refractivity (Wildman–Crippen MR) is 132 cm³/mol. The van der Waals surface area contributed by atoms with Crippen LogP contribution in [-0.2, 0) is 4.79 Å². The Balaban J connectivity index is 1.53. The quantitative estimate of drug-likeness (QED) is 0.372. The molecule has 0 radical (unpaired) electrons. The molecule has 0 saturated carbocycles. The number of carbonyl (C=O) groups excluding carboxylic acids is 1. The highest BCUT2D eigenvalue weighted by molar-refractivity contribution is 6.30. The standard InChI is InChI=1S/C25H22ClN7O/c1-3-20(17-8-5-4-6-9-17)25(34)30-22-12-16(2)31-33(22)24-21-14-29-32(23(21)27-15-28-24)19-11-7-10-18(26)13-19/h4-15,20H,3H2,1-2H3,(H,30,34)/t20-/m1/s1. The van der Waals surface area contributed by atoms with Gasteiger partial charge in [-0.3, -0.25) is 4.79 Å². The summed E-state index contributed by atoms with van der Waals surface area (Å²) in [5.74, 6) is 0.678. The highest BCUT2D eigenvalue weighted by Gasteiger charge is 2.22. The van der Waals surface area contributed by atoms with Crippen LogP contribution in [0, 0.1) is 6.92 Å². The Kier molecular flexibility index (Phi) is 5.81. The minimum Gasteiger partial charge on any atom is -0.310 e. The molecule has 0 fully saturated rings. The van der Waals surface area contributed by atoms with Gasteiger partial charge in [-0.25, -0.2) is 14.6 Å². The summed E-state index contributed by atoms with van der Waals surface area (Å²) >= 11 is 6.17. The first kappa shape index (κ1) is 21.8. The fourth-order valence-electron chi connectivity index (χ4n) is 4.02. The van der Waals surface area contributed by atoms with Crippen LogP contribution in [0.1, 0.15) is 30.5 Å². The summed E-state index contributed by atoms with van der Waals surface area (Å²) in [6.45, 7) is 3.87. The third-order valence-corrected chi connectivity index (χ3v) is 5.84. The van der Waals surface area contributed by atoms with Crippen molar-refractivity contribution in [2.75, 3.05) is 5.32 Å². The van der Waals surface area contributed by atoms with E-state index in [9.17, 15) is 4.79 Å². The average molecular weight is 472 g/mol. The van der Waals surface area contributed by atoms with Gasteiger partial charge in [0, 0.05) is 11.1 Å². The smallest absolute Gasteiger partial charge is 0.233 e. The van der Waals surface area contributed by atoms with Crippen LogP contribution in [0.15, 0.2) is 73.2 Å². The normalized spacial score (nSPS) is 12.1. The molecule has 0 unspecified atom stereocenters. The highest BCUT2D eigenvalue weighted by Crippen LogP contribution is 2.27. The van der Waals surface area contributed by atoms with Crippen molar-refractivity contribution in [1.82, 2.24) is 29.5 Å². The van der Waals surface area contributed by atoms with Crippen LogP contribution in [0.5, 0.6) is 0 Å². The maximum Gasteiger partial charge on any atom is 0.233 e. The molecule has 0 aliphatic rings. The second-order valence-corrected chi connectivity index (χ2v) is 8.35. The van der Waals surface area contributed by atoms with Gasteiger partial charge in [-0.1, -0.05) is 54.9 Å². The third kappa shape index (κ3) is 4.04. The number of aryl methyl sites for hydroxylation is 1. The fraction of sp³-hybridized carbons (Fsp3) is 0.160. The van der Waals surface area contributed by atoms with Gasteiger partial charge in [0.25, 0.3) is 0 Å². The van der Waals surface area contributed by atoms with Gasteiger partial charge in [0.05, 0.1) is 28.9 Å². The number of rotatable bonds is 6. The molecule has 1 amide bonds. The molecule has 0 bridgehead atoms. The Labute approximate surface area is 201 Å². The minimum absolute atomic E-state index is 0.102. The highest BCUT2D eigenvalue weighted by atomic mass is 35.5. The van der Waals surface area contributed by atoms with E-state index in [1.807, 2.05) is 68.4 Å². The molecule has 0 spiro atoms. The van der Waals surface area contributed by atoms with Crippen LogP contribution < -0.4 is 5.32 Å². The van der Waals surface area contributed by atoms with Crippen LogP contribution in [0.2, 0.25) is 5.02 Å². The molecule has 1 atom stereocenters. The molecule has 5 rings (SSSR count). The number of hydrogen-bond acceptors (Lipinski definition) is 5. The van der Waals surface area contributed by atoms with E-state index in [1.54, 1.807) is 21.6 Å². The summed E-state index contributed by atoms with van der Waals surface area (Å²) in [6, 6.07) is 19.0. The molecule has 1 N–H and O–H groups in total. The van der Waals surface area contributed by atoms with Crippen LogP contribution in [-0.4, -0.2) is 35.4 Å². The first-order valence-corrected chi connectivity index (χ1v) is 11.3. The summed E-state index contributed by atoms with van der Waals surface area (Å²) in [6.07, 6.45) is 3.82. The van der Waals surface area contributed by atoms with Crippen molar-refractivity contribution in [2.45, 2.75) is 26.2 Å². The molecule has 0 saturated heterocycles. The number of anilines is 1. The van der Waals surface area contributed by atoms with Gasteiger partial charge >= 0.3 is 0 Å². The number of carbonyl (C=O) groups is 1. The zero-order chi connectivity index (χ0) is 23.7. The number of nitrogens with one attached hydrogen (secondary N) is 1. The largest absolute Gasteiger partial charge is 0.310 e. The summed E-state index contributed by atoms with van der Waals surface area (Å²) in [4.78, 5) is 22.1. The van der Waals surface area contributed by atoms with Gasteiger partial charge in [-0.15, -0.1) is 0 Å². The lowest BCUT2D eigenvalue weighted by atomic mass is 9.96. The molecule has 3 heterocycles. The van der Waals surface area contributed by atoms with Crippen LogP contribution >= 0.6 is 11.6 Å². The van der Waals surface area contributed by atoms with E-state index in [0.29, 0.717) is 34.1 Å². The lowest BCUT2D eigenvalue weighted by Crippen LogP contribution is -2.22. The first-order chi connectivity index (χ1) is 16.5.